The molecule has 0 amide bonds. The summed E-state index contributed by atoms with van der Waals surface area (Å²) < 4.78 is 6.50. The molecule has 1 aromatic carbocycles. The average Bonchev–Trinajstić information content (AvgIpc) is 2.87. The number of hydrogen-bond donors (Lipinski definition) is 0. The van der Waals surface area contributed by atoms with Gasteiger partial charge in [0.2, 0.25) is 0 Å². The Balaban J connectivity index is 2.16. The molecule has 5 heteroatoms. The molecule has 0 saturated carbocycles. The van der Waals surface area contributed by atoms with E-state index in [2.05, 4.69) is 41.4 Å². The summed E-state index contributed by atoms with van der Waals surface area (Å²) >= 11 is 8.49. The van der Waals surface area contributed by atoms with Crippen LogP contribution in [0.2, 0.25) is 5.15 Å². The summed E-state index contributed by atoms with van der Waals surface area (Å²) in [6, 6.07) is 7.86. The second kappa shape index (κ2) is 5.93. The molecule has 0 saturated heterocycles. The molecule has 0 unspecified atom stereocenters. The molecule has 0 bridgehead atoms. The van der Waals surface area contributed by atoms with Gasteiger partial charge in [-0.1, -0.05) is 43.6 Å². The molecule has 0 aliphatic rings. The Labute approximate surface area is 141 Å². The van der Waals surface area contributed by atoms with E-state index in [4.69, 9.17) is 21.0 Å². The van der Waals surface area contributed by atoms with Crippen LogP contribution in [-0.2, 0) is 6.42 Å². The quantitative estimate of drug-likeness (QED) is 0.430. The minimum absolute atomic E-state index is 0.501. The molecular formula is C16H14ClIN2O. The van der Waals surface area contributed by atoms with Crippen molar-refractivity contribution in [3.05, 3.63) is 44.9 Å². The fourth-order valence-corrected chi connectivity index (χ4v) is 2.91. The number of rotatable bonds is 3. The molecule has 3 nitrogen and oxygen atoms in total. The molecule has 108 valence electrons. The largest absolute Gasteiger partial charge is 0.464 e. The SMILES string of the molecule is CC(C)Cc1nc(-c2coc3ccccc23)nc(Cl)c1I. The molecule has 0 aliphatic carbocycles. The maximum atomic E-state index is 6.28. The van der Waals surface area contributed by atoms with Crippen LogP contribution in [0, 0.1) is 9.49 Å². The van der Waals surface area contributed by atoms with E-state index in [1.807, 2.05) is 24.3 Å². The molecule has 3 aromatic rings. The van der Waals surface area contributed by atoms with E-state index in [0.29, 0.717) is 16.9 Å². The Hall–Kier alpha value is -1.14. The van der Waals surface area contributed by atoms with Crippen molar-refractivity contribution in [2.24, 2.45) is 5.92 Å². The van der Waals surface area contributed by atoms with E-state index in [1.54, 1.807) is 6.26 Å². The Kier molecular flexibility index (Phi) is 4.17. The normalized spacial score (nSPS) is 11.5. The van der Waals surface area contributed by atoms with Crippen molar-refractivity contribution < 1.29 is 4.42 Å². The molecule has 0 N–H and O–H groups in total. The Bertz CT molecular complexity index is 798. The smallest absolute Gasteiger partial charge is 0.165 e. The molecule has 0 fully saturated rings. The van der Waals surface area contributed by atoms with E-state index in [9.17, 15) is 0 Å². The number of furan rings is 1. The minimum atomic E-state index is 0.501. The topological polar surface area (TPSA) is 38.9 Å². The predicted octanol–water partition coefficient (Wildman–Crippen LogP) is 5.35. The van der Waals surface area contributed by atoms with Crippen molar-refractivity contribution >= 4 is 45.2 Å². The van der Waals surface area contributed by atoms with Crippen LogP contribution >= 0.6 is 34.2 Å². The van der Waals surface area contributed by atoms with E-state index in [0.717, 1.165) is 32.2 Å². The zero-order valence-electron chi connectivity index (χ0n) is 11.7. The van der Waals surface area contributed by atoms with Crippen LogP contribution in [0.15, 0.2) is 34.9 Å². The lowest BCUT2D eigenvalue weighted by molar-refractivity contribution is 0.616. The van der Waals surface area contributed by atoms with Crippen LogP contribution in [-0.4, -0.2) is 9.97 Å². The number of fused-ring (bicyclic) bond motifs is 1. The monoisotopic (exact) mass is 412 g/mol. The van der Waals surface area contributed by atoms with Crippen LogP contribution < -0.4 is 0 Å². The van der Waals surface area contributed by atoms with Gasteiger partial charge in [-0.2, -0.15) is 0 Å². The maximum Gasteiger partial charge on any atom is 0.165 e. The summed E-state index contributed by atoms with van der Waals surface area (Å²) in [4.78, 5) is 9.12. The summed E-state index contributed by atoms with van der Waals surface area (Å²) in [5.41, 5.74) is 2.70. The first-order valence-corrected chi connectivity index (χ1v) is 8.20. The average molecular weight is 413 g/mol. The summed E-state index contributed by atoms with van der Waals surface area (Å²) in [6.07, 6.45) is 2.58. The van der Waals surface area contributed by atoms with E-state index < -0.39 is 0 Å². The highest BCUT2D eigenvalue weighted by molar-refractivity contribution is 14.1. The van der Waals surface area contributed by atoms with Crippen LogP contribution in [0.4, 0.5) is 0 Å². The number of halogens is 2. The van der Waals surface area contributed by atoms with Gasteiger partial charge in [0.25, 0.3) is 0 Å². The van der Waals surface area contributed by atoms with Crippen LogP contribution in [0.25, 0.3) is 22.4 Å². The van der Waals surface area contributed by atoms with Gasteiger partial charge in [0.1, 0.15) is 17.0 Å². The van der Waals surface area contributed by atoms with E-state index in [-0.39, 0.29) is 0 Å². The van der Waals surface area contributed by atoms with Crippen molar-refractivity contribution in [3.63, 3.8) is 0 Å². The first-order valence-electron chi connectivity index (χ1n) is 6.74. The van der Waals surface area contributed by atoms with Gasteiger partial charge in [0, 0.05) is 5.39 Å². The maximum absolute atomic E-state index is 6.28. The molecule has 2 heterocycles. The van der Waals surface area contributed by atoms with E-state index in [1.165, 1.54) is 0 Å². The fourth-order valence-electron chi connectivity index (χ4n) is 2.26. The zero-order valence-corrected chi connectivity index (χ0v) is 14.6. The minimum Gasteiger partial charge on any atom is -0.464 e. The fraction of sp³-hybridized carbons (Fsp3) is 0.250. The van der Waals surface area contributed by atoms with Crippen molar-refractivity contribution in [3.8, 4) is 11.4 Å². The van der Waals surface area contributed by atoms with Gasteiger partial charge in [-0.05, 0) is 41.0 Å². The van der Waals surface area contributed by atoms with Gasteiger partial charge in [0.15, 0.2) is 5.82 Å². The van der Waals surface area contributed by atoms with Crippen molar-refractivity contribution in [1.82, 2.24) is 9.97 Å². The molecule has 0 atom stereocenters. The number of para-hydroxylation sites is 1. The Morgan fingerprint density at radius 2 is 2.00 bits per heavy atom. The zero-order chi connectivity index (χ0) is 15.0. The molecule has 0 radical (unpaired) electrons. The molecule has 0 spiro atoms. The summed E-state index contributed by atoms with van der Waals surface area (Å²) in [7, 11) is 0. The van der Waals surface area contributed by atoms with Gasteiger partial charge >= 0.3 is 0 Å². The lowest BCUT2D eigenvalue weighted by atomic mass is 10.1. The summed E-state index contributed by atoms with van der Waals surface area (Å²) in [5.74, 6) is 1.14. The third-order valence-electron chi connectivity index (χ3n) is 3.20. The molecule has 3 rings (SSSR count). The highest BCUT2D eigenvalue weighted by Crippen LogP contribution is 2.31. The standard InChI is InChI=1S/C16H14ClIN2O/c1-9(2)7-12-14(18)15(17)20-16(19-12)11-8-21-13-6-4-3-5-10(11)13/h3-6,8-9H,7H2,1-2H3. The number of hydrogen-bond acceptors (Lipinski definition) is 3. The second-order valence-electron chi connectivity index (χ2n) is 5.34. The van der Waals surface area contributed by atoms with Crippen molar-refractivity contribution in [1.29, 1.82) is 0 Å². The highest BCUT2D eigenvalue weighted by Gasteiger charge is 2.16. The lowest BCUT2D eigenvalue weighted by Gasteiger charge is -2.09. The second-order valence-corrected chi connectivity index (χ2v) is 6.78. The predicted molar refractivity (Wildman–Crippen MR) is 93.5 cm³/mol. The molecule has 0 aliphatic heterocycles. The van der Waals surface area contributed by atoms with Gasteiger partial charge < -0.3 is 4.42 Å². The third kappa shape index (κ3) is 2.92. The van der Waals surface area contributed by atoms with Gasteiger partial charge in [-0.15, -0.1) is 0 Å². The van der Waals surface area contributed by atoms with E-state index >= 15 is 0 Å². The van der Waals surface area contributed by atoms with Crippen molar-refractivity contribution in [2.75, 3.05) is 0 Å². The summed E-state index contributed by atoms with van der Waals surface area (Å²) in [6.45, 7) is 4.33. The highest BCUT2D eigenvalue weighted by atomic mass is 127. The van der Waals surface area contributed by atoms with Crippen LogP contribution in [0.5, 0.6) is 0 Å². The molecule has 21 heavy (non-hydrogen) atoms. The number of nitrogens with zero attached hydrogens (tertiary/aromatic N) is 2. The van der Waals surface area contributed by atoms with Crippen LogP contribution in [0.1, 0.15) is 19.5 Å². The third-order valence-corrected chi connectivity index (χ3v) is 4.93. The first kappa shape index (κ1) is 14.8. The van der Waals surface area contributed by atoms with Gasteiger partial charge in [-0.3, -0.25) is 0 Å². The number of benzene rings is 1. The van der Waals surface area contributed by atoms with Gasteiger partial charge in [-0.25, -0.2) is 9.97 Å². The van der Waals surface area contributed by atoms with Crippen LogP contribution in [0.3, 0.4) is 0 Å². The first-order chi connectivity index (χ1) is 10.1. The van der Waals surface area contributed by atoms with Crippen molar-refractivity contribution in [2.45, 2.75) is 20.3 Å². The van der Waals surface area contributed by atoms with Gasteiger partial charge in [0.05, 0.1) is 14.8 Å². The number of aromatic nitrogens is 2. The molecule has 2 aromatic heterocycles. The summed E-state index contributed by atoms with van der Waals surface area (Å²) in [5, 5.41) is 1.51. The Morgan fingerprint density at radius 3 is 2.76 bits per heavy atom. The molecular weight excluding hydrogens is 399 g/mol. The Morgan fingerprint density at radius 1 is 1.24 bits per heavy atom. The lowest BCUT2D eigenvalue weighted by Crippen LogP contribution is -2.04.